The van der Waals surface area contributed by atoms with Gasteiger partial charge < -0.3 is 19.3 Å². The largest absolute Gasteiger partial charge is 0.497 e. The van der Waals surface area contributed by atoms with Gasteiger partial charge in [0.15, 0.2) is 0 Å². The van der Waals surface area contributed by atoms with Gasteiger partial charge in [0.1, 0.15) is 17.3 Å². The number of amides is 3. The first-order chi connectivity index (χ1) is 17.7. The van der Waals surface area contributed by atoms with Gasteiger partial charge in [-0.1, -0.05) is 13.0 Å². The van der Waals surface area contributed by atoms with Crippen LogP contribution in [-0.2, 0) is 6.54 Å². The molecule has 3 aliphatic heterocycles. The predicted molar refractivity (Wildman–Crippen MR) is 138 cm³/mol. The van der Waals surface area contributed by atoms with Crippen LogP contribution in [-0.4, -0.2) is 66.0 Å². The first kappa shape index (κ1) is 25.1. The van der Waals surface area contributed by atoms with Gasteiger partial charge in [0.2, 0.25) is 0 Å². The maximum atomic E-state index is 13.8. The van der Waals surface area contributed by atoms with E-state index in [2.05, 4.69) is 13.0 Å². The minimum atomic E-state index is -0.477. The van der Waals surface area contributed by atoms with Crippen LogP contribution < -0.4 is 9.47 Å². The van der Waals surface area contributed by atoms with Crippen molar-refractivity contribution in [2.45, 2.75) is 51.6 Å². The van der Waals surface area contributed by atoms with Crippen LogP contribution in [0.1, 0.15) is 59.7 Å². The first-order valence-electron chi connectivity index (χ1n) is 12.9. The summed E-state index contributed by atoms with van der Waals surface area (Å²) in [6.45, 7) is 7.86. The fraction of sp³-hybridized carbons (Fsp3) is 0.448. The van der Waals surface area contributed by atoms with Crippen molar-refractivity contribution < 1.29 is 23.5 Å². The van der Waals surface area contributed by atoms with Crippen molar-refractivity contribution in [2.24, 2.45) is 0 Å². The Morgan fingerprint density at radius 2 is 1.86 bits per heavy atom. The molecule has 3 heterocycles. The zero-order valence-corrected chi connectivity index (χ0v) is 22.1. The molecule has 0 N–H and O–H groups in total. The number of likely N-dealkylation sites (tertiary alicyclic amines) is 1. The van der Waals surface area contributed by atoms with Crippen molar-refractivity contribution in [1.82, 2.24) is 14.7 Å². The molecule has 37 heavy (non-hydrogen) atoms. The molecule has 0 aliphatic carbocycles. The summed E-state index contributed by atoms with van der Waals surface area (Å²) < 4.78 is 25.0. The van der Waals surface area contributed by atoms with Crippen LogP contribution in [0, 0.1) is 12.7 Å². The number of carbonyl (C=O) groups excluding carboxylic acids is 2. The average molecular weight is 508 g/mol. The van der Waals surface area contributed by atoms with E-state index in [-0.39, 0.29) is 23.7 Å². The number of nitrogens with zero attached hydrogens (tertiary/aromatic N) is 3. The molecule has 1 spiro atoms. The normalized spacial score (nSPS) is 20.4. The number of methoxy groups -OCH3 is 2. The number of aryl methyl sites for hydroxylation is 1. The molecule has 8 heteroatoms. The second kappa shape index (κ2) is 9.39. The van der Waals surface area contributed by atoms with E-state index in [0.29, 0.717) is 55.9 Å². The molecule has 1 atom stereocenters. The van der Waals surface area contributed by atoms with Crippen LogP contribution in [0.15, 0.2) is 42.1 Å². The van der Waals surface area contributed by atoms with Crippen molar-refractivity contribution in [3.05, 3.63) is 70.2 Å². The molecule has 3 amide bonds. The van der Waals surface area contributed by atoms with Crippen molar-refractivity contribution >= 4 is 11.9 Å². The zero-order valence-electron chi connectivity index (χ0n) is 22.1. The fourth-order valence-electron chi connectivity index (χ4n) is 6.30. The predicted octanol–water partition coefficient (Wildman–Crippen LogP) is 5.08. The molecule has 5 rings (SSSR count). The van der Waals surface area contributed by atoms with Crippen LogP contribution in [0.2, 0.25) is 0 Å². The quantitative estimate of drug-likeness (QED) is 0.579. The highest BCUT2D eigenvalue weighted by Gasteiger charge is 2.55. The third kappa shape index (κ3) is 3.93. The minimum absolute atomic E-state index is 0.00970. The average Bonchev–Trinajstić information content (AvgIpc) is 3.01. The van der Waals surface area contributed by atoms with E-state index in [9.17, 15) is 14.0 Å². The topological polar surface area (TPSA) is 62.3 Å². The number of hydrogen-bond donors (Lipinski definition) is 0. The van der Waals surface area contributed by atoms with Crippen LogP contribution in [0.5, 0.6) is 11.5 Å². The van der Waals surface area contributed by atoms with Crippen LogP contribution >= 0.6 is 0 Å². The smallest absolute Gasteiger partial charge is 0.325 e. The third-order valence-electron chi connectivity index (χ3n) is 8.19. The van der Waals surface area contributed by atoms with Crippen molar-refractivity contribution in [3.63, 3.8) is 0 Å². The molecule has 2 aromatic rings. The zero-order chi connectivity index (χ0) is 26.5. The molecule has 0 unspecified atom stereocenters. The summed E-state index contributed by atoms with van der Waals surface area (Å²) in [5.74, 6) is 1.06. The van der Waals surface area contributed by atoms with Gasteiger partial charge in [-0.05, 0) is 62.1 Å². The lowest BCUT2D eigenvalue weighted by molar-refractivity contribution is 0.0575. The number of carbonyl (C=O) groups is 2. The van der Waals surface area contributed by atoms with Crippen molar-refractivity contribution in [1.29, 1.82) is 0 Å². The molecule has 2 fully saturated rings. The van der Waals surface area contributed by atoms with Crippen LogP contribution in [0.3, 0.4) is 0 Å². The Hall–Kier alpha value is -3.55. The third-order valence-corrected chi connectivity index (χ3v) is 8.19. The molecule has 7 nitrogen and oxygen atoms in total. The summed E-state index contributed by atoms with van der Waals surface area (Å²) in [5.41, 5.74) is 3.55. The summed E-state index contributed by atoms with van der Waals surface area (Å²) in [6, 6.07) is 8.37. The lowest BCUT2D eigenvalue weighted by Crippen LogP contribution is -2.54. The summed E-state index contributed by atoms with van der Waals surface area (Å²) in [5, 5.41) is 0. The number of likely N-dealkylation sites (N-methyl/N-ethyl adjacent to an activating group) is 1. The van der Waals surface area contributed by atoms with Gasteiger partial charge in [0.25, 0.3) is 5.91 Å². The second-order valence-corrected chi connectivity index (χ2v) is 10.1. The SMILES string of the molecule is CCN1C(=O)N2Cc3cc(OC)cc(OC)c3[C@@H](C)C=C2C12CCN(C(=O)c1ccc(F)c(C)c1)CC2. The Labute approximate surface area is 217 Å². The van der Waals surface area contributed by atoms with Gasteiger partial charge in [-0.25, -0.2) is 9.18 Å². The number of benzene rings is 2. The first-order valence-corrected chi connectivity index (χ1v) is 12.9. The Balaban J connectivity index is 1.47. The maximum Gasteiger partial charge on any atom is 0.325 e. The fourth-order valence-corrected chi connectivity index (χ4v) is 6.30. The number of urea groups is 1. The standard InChI is InChI=1S/C29H34FN3O4/c1-6-33-28(35)32-17-21-15-22(36-4)16-24(37-5)26(21)19(3)14-25(32)29(33)9-11-31(12-10-29)27(34)20-7-8-23(30)18(2)13-20/h7-8,13-16,19H,6,9-12,17H2,1-5H3/t19-/m0/s1. The number of rotatable bonds is 4. The van der Waals surface area contributed by atoms with E-state index < -0.39 is 5.54 Å². The molecule has 0 saturated carbocycles. The van der Waals surface area contributed by atoms with Crippen molar-refractivity contribution in [2.75, 3.05) is 33.9 Å². The van der Waals surface area contributed by atoms with E-state index in [1.807, 2.05) is 33.8 Å². The molecular formula is C29H34FN3O4. The van der Waals surface area contributed by atoms with Gasteiger partial charge in [0, 0.05) is 48.4 Å². The number of hydrogen-bond acceptors (Lipinski definition) is 4. The van der Waals surface area contributed by atoms with Gasteiger partial charge in [-0.2, -0.15) is 0 Å². The molecule has 0 aromatic heterocycles. The Kier molecular flexibility index (Phi) is 6.38. The number of allylic oxidation sites excluding steroid dienone is 1. The summed E-state index contributed by atoms with van der Waals surface area (Å²) in [7, 11) is 3.28. The van der Waals surface area contributed by atoms with Gasteiger partial charge in [-0.15, -0.1) is 0 Å². The minimum Gasteiger partial charge on any atom is -0.497 e. The van der Waals surface area contributed by atoms with E-state index in [1.54, 1.807) is 33.3 Å². The lowest BCUT2D eigenvalue weighted by Gasteiger charge is -2.44. The maximum absolute atomic E-state index is 13.8. The molecule has 0 radical (unpaired) electrons. The highest BCUT2D eigenvalue weighted by Crippen LogP contribution is 2.49. The summed E-state index contributed by atoms with van der Waals surface area (Å²) in [4.78, 5) is 32.7. The highest BCUT2D eigenvalue weighted by molar-refractivity contribution is 5.94. The van der Waals surface area contributed by atoms with Gasteiger partial charge in [0.05, 0.1) is 26.3 Å². The van der Waals surface area contributed by atoms with Gasteiger partial charge in [-0.3, -0.25) is 9.69 Å². The molecule has 2 saturated heterocycles. The number of halogens is 1. The highest BCUT2D eigenvalue weighted by atomic mass is 19.1. The summed E-state index contributed by atoms with van der Waals surface area (Å²) in [6.07, 6.45) is 3.49. The van der Waals surface area contributed by atoms with Crippen LogP contribution in [0.25, 0.3) is 0 Å². The molecule has 2 aromatic carbocycles. The molecule has 3 aliphatic rings. The lowest BCUT2D eigenvalue weighted by atomic mass is 9.82. The number of piperidine rings is 1. The molecular weight excluding hydrogens is 473 g/mol. The van der Waals surface area contributed by atoms with Crippen molar-refractivity contribution in [3.8, 4) is 11.5 Å². The molecule has 0 bridgehead atoms. The van der Waals surface area contributed by atoms with E-state index >= 15 is 0 Å². The Bertz CT molecular complexity index is 1280. The summed E-state index contributed by atoms with van der Waals surface area (Å²) >= 11 is 0. The van der Waals surface area contributed by atoms with E-state index in [0.717, 1.165) is 22.6 Å². The monoisotopic (exact) mass is 507 g/mol. The Morgan fingerprint density at radius 1 is 1.14 bits per heavy atom. The Morgan fingerprint density at radius 3 is 2.49 bits per heavy atom. The molecule has 196 valence electrons. The van der Waals surface area contributed by atoms with Gasteiger partial charge >= 0.3 is 6.03 Å². The second-order valence-electron chi connectivity index (χ2n) is 10.1. The number of fused-ring (bicyclic) bond motifs is 3. The van der Waals surface area contributed by atoms with Crippen LogP contribution in [0.4, 0.5) is 9.18 Å². The van der Waals surface area contributed by atoms with E-state index in [1.165, 1.54) is 6.07 Å². The number of ether oxygens (including phenoxy) is 2. The van der Waals surface area contributed by atoms with E-state index in [4.69, 9.17) is 9.47 Å².